The van der Waals surface area contributed by atoms with Gasteiger partial charge < -0.3 is 9.47 Å². The molecule has 1 aromatic carbocycles. The Balaban J connectivity index is 1.35. The number of hydrogen-bond acceptors (Lipinski definition) is 6. The summed E-state index contributed by atoms with van der Waals surface area (Å²) < 4.78 is 12.7. The molecule has 3 aromatic rings. The lowest BCUT2D eigenvalue weighted by atomic mass is 10.1. The van der Waals surface area contributed by atoms with Crippen molar-refractivity contribution in [2.75, 3.05) is 6.79 Å². The number of nitrogens with zero attached hydrogens (tertiary/aromatic N) is 4. The van der Waals surface area contributed by atoms with Crippen LogP contribution in [0.25, 0.3) is 4.96 Å². The Hall–Kier alpha value is -2.15. The predicted molar refractivity (Wildman–Crippen MR) is 80.6 cm³/mol. The number of aromatic nitrogens is 4. The molecule has 0 N–H and O–H groups in total. The summed E-state index contributed by atoms with van der Waals surface area (Å²) in [4.78, 5) is 0.905. The number of hydrogen-bond donors (Lipinski definition) is 0. The Kier molecular flexibility index (Phi) is 2.63. The average molecular weight is 314 g/mol. The Labute approximate surface area is 130 Å². The summed E-state index contributed by atoms with van der Waals surface area (Å²) in [7, 11) is 0. The van der Waals surface area contributed by atoms with E-state index in [1.807, 2.05) is 10.6 Å². The molecule has 2 aliphatic rings. The van der Waals surface area contributed by atoms with Crippen LogP contribution in [0.5, 0.6) is 11.5 Å². The maximum Gasteiger partial charge on any atom is 0.234 e. The molecule has 0 spiro atoms. The van der Waals surface area contributed by atoms with E-state index in [1.54, 1.807) is 11.3 Å². The van der Waals surface area contributed by atoms with Crippen LogP contribution in [0, 0.1) is 0 Å². The Bertz CT molecular complexity index is 852. The van der Waals surface area contributed by atoms with Crippen LogP contribution in [0.3, 0.4) is 0 Å². The molecule has 1 fully saturated rings. The molecule has 0 saturated heterocycles. The molecule has 0 unspecified atom stereocenters. The second kappa shape index (κ2) is 4.67. The van der Waals surface area contributed by atoms with Gasteiger partial charge in [0.1, 0.15) is 5.01 Å². The van der Waals surface area contributed by atoms with Gasteiger partial charge in [0.25, 0.3) is 0 Å². The first-order valence-electron chi connectivity index (χ1n) is 7.46. The number of rotatable bonds is 4. The van der Waals surface area contributed by atoms with E-state index in [0.717, 1.165) is 40.1 Å². The highest BCUT2D eigenvalue weighted by Gasteiger charge is 2.30. The molecular formula is C15H14N4O2S. The number of aryl methyl sites for hydroxylation is 2. The molecule has 1 saturated carbocycles. The van der Waals surface area contributed by atoms with Gasteiger partial charge in [-0.25, -0.2) is 0 Å². The van der Waals surface area contributed by atoms with E-state index in [-0.39, 0.29) is 0 Å². The SMILES string of the molecule is c1cc2c(cc1CCc1nn3c(C4CC4)nnc3s1)OCO2. The molecule has 0 bridgehead atoms. The third kappa shape index (κ3) is 2.04. The second-order valence-electron chi connectivity index (χ2n) is 5.71. The van der Waals surface area contributed by atoms with Crippen molar-refractivity contribution in [3.05, 3.63) is 34.6 Å². The average Bonchev–Trinajstić information content (AvgIpc) is 2.97. The minimum absolute atomic E-state index is 0.319. The van der Waals surface area contributed by atoms with Crippen LogP contribution in [0.1, 0.15) is 35.2 Å². The predicted octanol–water partition coefficient (Wildman–Crippen LogP) is 2.58. The lowest BCUT2D eigenvalue weighted by Crippen LogP contribution is -1.96. The van der Waals surface area contributed by atoms with E-state index >= 15 is 0 Å². The van der Waals surface area contributed by atoms with Gasteiger partial charge >= 0.3 is 0 Å². The van der Waals surface area contributed by atoms with Crippen molar-refractivity contribution in [2.24, 2.45) is 0 Å². The van der Waals surface area contributed by atoms with Gasteiger partial charge in [-0.1, -0.05) is 17.4 Å². The Morgan fingerprint density at radius 2 is 2.05 bits per heavy atom. The van der Waals surface area contributed by atoms with Crippen molar-refractivity contribution in [3.63, 3.8) is 0 Å². The standard InChI is InChI=1S/C15H14N4O2S/c1-5-11-12(21-8-20-11)7-9(1)2-6-13-18-19-14(10-3-4-10)16-17-15(19)22-13/h1,5,7,10H,2-4,6,8H2. The summed E-state index contributed by atoms with van der Waals surface area (Å²) >= 11 is 1.63. The highest BCUT2D eigenvalue weighted by Crippen LogP contribution is 2.39. The number of ether oxygens (including phenoxy) is 2. The van der Waals surface area contributed by atoms with Crippen molar-refractivity contribution < 1.29 is 9.47 Å². The van der Waals surface area contributed by atoms with Crippen LogP contribution >= 0.6 is 11.3 Å². The molecule has 0 amide bonds. The van der Waals surface area contributed by atoms with Gasteiger partial charge in [0.15, 0.2) is 17.3 Å². The molecular weight excluding hydrogens is 300 g/mol. The summed E-state index contributed by atoms with van der Waals surface area (Å²) in [5.74, 6) is 3.27. The minimum atomic E-state index is 0.319. The van der Waals surface area contributed by atoms with E-state index in [0.29, 0.717) is 12.7 Å². The van der Waals surface area contributed by atoms with Gasteiger partial charge in [-0.2, -0.15) is 9.61 Å². The van der Waals surface area contributed by atoms with Crippen molar-refractivity contribution in [1.82, 2.24) is 19.8 Å². The molecule has 22 heavy (non-hydrogen) atoms. The van der Waals surface area contributed by atoms with E-state index in [2.05, 4.69) is 27.4 Å². The third-order valence-corrected chi connectivity index (χ3v) is 5.02. The fourth-order valence-electron chi connectivity index (χ4n) is 2.72. The van der Waals surface area contributed by atoms with Gasteiger partial charge in [-0.05, 0) is 37.0 Å². The fourth-order valence-corrected chi connectivity index (χ4v) is 3.56. The molecule has 1 aliphatic carbocycles. The summed E-state index contributed by atoms with van der Waals surface area (Å²) in [5.41, 5.74) is 1.23. The number of fused-ring (bicyclic) bond motifs is 2. The van der Waals surface area contributed by atoms with Crippen LogP contribution in [0.15, 0.2) is 18.2 Å². The van der Waals surface area contributed by atoms with Crippen molar-refractivity contribution in [3.8, 4) is 11.5 Å². The van der Waals surface area contributed by atoms with Crippen LogP contribution in [-0.4, -0.2) is 26.6 Å². The van der Waals surface area contributed by atoms with E-state index in [9.17, 15) is 0 Å². The zero-order valence-electron chi connectivity index (χ0n) is 11.9. The molecule has 0 radical (unpaired) electrons. The number of benzene rings is 1. The molecule has 7 heteroatoms. The Morgan fingerprint density at radius 3 is 2.95 bits per heavy atom. The van der Waals surface area contributed by atoms with Gasteiger partial charge in [0, 0.05) is 12.3 Å². The quantitative estimate of drug-likeness (QED) is 0.740. The lowest BCUT2D eigenvalue weighted by molar-refractivity contribution is 0.174. The third-order valence-electron chi connectivity index (χ3n) is 4.06. The zero-order valence-corrected chi connectivity index (χ0v) is 12.7. The van der Waals surface area contributed by atoms with E-state index < -0.39 is 0 Å². The maximum atomic E-state index is 5.42. The minimum Gasteiger partial charge on any atom is -0.454 e. The summed E-state index contributed by atoms with van der Waals surface area (Å²) in [6.45, 7) is 0.319. The topological polar surface area (TPSA) is 61.5 Å². The van der Waals surface area contributed by atoms with Crippen molar-refractivity contribution in [1.29, 1.82) is 0 Å². The highest BCUT2D eigenvalue weighted by molar-refractivity contribution is 7.16. The van der Waals surface area contributed by atoms with Gasteiger partial charge in [-0.15, -0.1) is 10.2 Å². The van der Waals surface area contributed by atoms with E-state index in [1.165, 1.54) is 18.4 Å². The summed E-state index contributed by atoms with van der Waals surface area (Å²) in [5, 5.41) is 14.3. The van der Waals surface area contributed by atoms with Gasteiger partial charge in [0.05, 0.1) is 0 Å². The maximum absolute atomic E-state index is 5.42. The van der Waals surface area contributed by atoms with Crippen molar-refractivity contribution in [2.45, 2.75) is 31.6 Å². The zero-order chi connectivity index (χ0) is 14.5. The summed E-state index contributed by atoms with van der Waals surface area (Å²) in [6, 6.07) is 6.11. The normalized spacial score (nSPS) is 16.5. The van der Waals surface area contributed by atoms with E-state index in [4.69, 9.17) is 9.47 Å². The summed E-state index contributed by atoms with van der Waals surface area (Å²) in [6.07, 6.45) is 4.26. The highest BCUT2D eigenvalue weighted by atomic mass is 32.1. The first kappa shape index (κ1) is 12.4. The molecule has 6 nitrogen and oxygen atoms in total. The van der Waals surface area contributed by atoms with Crippen LogP contribution < -0.4 is 9.47 Å². The van der Waals surface area contributed by atoms with Gasteiger partial charge in [0.2, 0.25) is 11.8 Å². The lowest BCUT2D eigenvalue weighted by Gasteiger charge is -2.01. The monoisotopic (exact) mass is 314 g/mol. The Morgan fingerprint density at radius 1 is 1.14 bits per heavy atom. The molecule has 2 aromatic heterocycles. The molecule has 0 atom stereocenters. The second-order valence-corrected chi connectivity index (χ2v) is 6.75. The molecule has 1 aliphatic heterocycles. The van der Waals surface area contributed by atoms with Crippen molar-refractivity contribution >= 4 is 16.3 Å². The molecule has 3 heterocycles. The molecule has 5 rings (SSSR count). The van der Waals surface area contributed by atoms with Crippen LogP contribution in [0.2, 0.25) is 0 Å². The fraction of sp³-hybridized carbons (Fsp3) is 0.400. The smallest absolute Gasteiger partial charge is 0.234 e. The van der Waals surface area contributed by atoms with Gasteiger partial charge in [-0.3, -0.25) is 0 Å². The first-order valence-corrected chi connectivity index (χ1v) is 8.28. The molecule has 112 valence electrons. The largest absolute Gasteiger partial charge is 0.454 e. The van der Waals surface area contributed by atoms with Crippen LogP contribution in [-0.2, 0) is 12.8 Å². The van der Waals surface area contributed by atoms with Crippen LogP contribution in [0.4, 0.5) is 0 Å². The first-order chi connectivity index (χ1) is 10.9.